The van der Waals surface area contributed by atoms with E-state index in [-0.39, 0.29) is 0 Å². The molecule has 0 spiro atoms. The zero-order valence-corrected chi connectivity index (χ0v) is 13.5. The van der Waals surface area contributed by atoms with Crippen molar-refractivity contribution in [3.63, 3.8) is 0 Å². The number of nitrogens with two attached hydrogens (primary N) is 1. The third-order valence-corrected chi connectivity index (χ3v) is 4.80. The maximum absolute atomic E-state index is 7.63. The van der Waals surface area contributed by atoms with Gasteiger partial charge in [-0.05, 0) is 79.3 Å². The molecular weight excluding hydrogens is 270 g/mol. The molecule has 0 radical (unpaired) electrons. The monoisotopic (exact) mass is 295 g/mol. The number of hydrogen-bond acceptors (Lipinski definition) is 2. The topological polar surface area (TPSA) is 61.9 Å². The molecule has 1 fully saturated rings. The van der Waals surface area contributed by atoms with E-state index in [0.29, 0.717) is 17.8 Å². The Morgan fingerprint density at radius 2 is 2.14 bits per heavy atom. The average Bonchev–Trinajstić information content (AvgIpc) is 3.23. The van der Waals surface area contributed by atoms with E-state index in [4.69, 9.17) is 11.1 Å². The van der Waals surface area contributed by atoms with Crippen LogP contribution in [-0.2, 0) is 12.8 Å². The van der Waals surface area contributed by atoms with Crippen molar-refractivity contribution in [1.82, 2.24) is 5.32 Å². The minimum atomic E-state index is 0.337. The summed E-state index contributed by atoms with van der Waals surface area (Å²) in [6.45, 7) is 7.97. The van der Waals surface area contributed by atoms with E-state index in [1.165, 1.54) is 40.7 Å². The molecule has 1 aromatic rings. The summed E-state index contributed by atoms with van der Waals surface area (Å²) in [6, 6.07) is 2.59. The summed E-state index contributed by atoms with van der Waals surface area (Å²) in [4.78, 5) is 0. The lowest BCUT2D eigenvalue weighted by molar-refractivity contribution is 0.639. The van der Waals surface area contributed by atoms with Crippen LogP contribution in [0.2, 0.25) is 0 Å². The summed E-state index contributed by atoms with van der Waals surface area (Å²) in [5.74, 6) is 1.12. The lowest BCUT2D eigenvalue weighted by atomic mass is 9.92. The Hall–Kier alpha value is -2.03. The van der Waals surface area contributed by atoms with Crippen molar-refractivity contribution < 1.29 is 0 Å². The molecule has 22 heavy (non-hydrogen) atoms. The largest absolute Gasteiger partial charge is 0.402 e. The van der Waals surface area contributed by atoms with Gasteiger partial charge in [-0.1, -0.05) is 18.7 Å². The Balaban J connectivity index is 1.98. The highest BCUT2D eigenvalue weighted by atomic mass is 15.0. The van der Waals surface area contributed by atoms with E-state index >= 15 is 0 Å². The highest BCUT2D eigenvalue weighted by Crippen LogP contribution is 2.37. The van der Waals surface area contributed by atoms with Crippen LogP contribution in [0, 0.1) is 18.3 Å². The maximum Gasteiger partial charge on any atom is 0.0902 e. The van der Waals surface area contributed by atoms with Gasteiger partial charge in [0.25, 0.3) is 0 Å². The average molecular weight is 295 g/mol. The van der Waals surface area contributed by atoms with E-state index in [9.17, 15) is 0 Å². The molecule has 3 heteroatoms. The van der Waals surface area contributed by atoms with Crippen molar-refractivity contribution in [3.8, 4) is 0 Å². The first-order chi connectivity index (χ1) is 10.5. The van der Waals surface area contributed by atoms with E-state index in [2.05, 4.69) is 31.0 Å². The van der Waals surface area contributed by atoms with Crippen molar-refractivity contribution in [3.05, 3.63) is 46.2 Å². The smallest absolute Gasteiger partial charge is 0.0902 e. The molecule has 1 atom stereocenters. The second-order valence-electron chi connectivity index (χ2n) is 6.64. The van der Waals surface area contributed by atoms with Gasteiger partial charge < -0.3 is 11.1 Å². The SMILES string of the molecule is C=Cc1cc2c(c(C)c1/C=C(\N)C1CC1)CC(NC(C)=N)C2. The number of benzene rings is 1. The molecule has 3 rings (SSSR count). The number of amidine groups is 1. The van der Waals surface area contributed by atoms with Gasteiger partial charge in [0.05, 0.1) is 5.84 Å². The van der Waals surface area contributed by atoms with Crippen LogP contribution in [0.3, 0.4) is 0 Å². The molecule has 2 aliphatic carbocycles. The van der Waals surface area contributed by atoms with Crippen LogP contribution in [-0.4, -0.2) is 11.9 Å². The van der Waals surface area contributed by atoms with Gasteiger partial charge in [0.15, 0.2) is 0 Å². The predicted molar refractivity (Wildman–Crippen MR) is 93.9 cm³/mol. The number of allylic oxidation sites excluding steroid dienone is 1. The van der Waals surface area contributed by atoms with E-state index in [1.54, 1.807) is 6.92 Å². The molecule has 1 saturated carbocycles. The van der Waals surface area contributed by atoms with Gasteiger partial charge in [-0.2, -0.15) is 0 Å². The Labute approximate surface area is 132 Å². The van der Waals surface area contributed by atoms with Crippen LogP contribution < -0.4 is 11.1 Å². The molecule has 0 amide bonds. The highest BCUT2D eigenvalue weighted by molar-refractivity contribution is 5.77. The van der Waals surface area contributed by atoms with Crippen LogP contribution in [0.5, 0.6) is 0 Å². The Bertz CT molecular complexity index is 666. The van der Waals surface area contributed by atoms with Gasteiger partial charge in [0.1, 0.15) is 0 Å². The zero-order chi connectivity index (χ0) is 15.9. The fourth-order valence-electron chi connectivity index (χ4n) is 3.49. The van der Waals surface area contributed by atoms with Crippen LogP contribution in [0.25, 0.3) is 12.2 Å². The van der Waals surface area contributed by atoms with Gasteiger partial charge in [-0.25, -0.2) is 0 Å². The first kappa shape index (κ1) is 14.9. The molecule has 0 bridgehead atoms. The van der Waals surface area contributed by atoms with E-state index in [1.807, 2.05) is 6.08 Å². The number of fused-ring (bicyclic) bond motifs is 1. The zero-order valence-electron chi connectivity index (χ0n) is 13.5. The third kappa shape index (κ3) is 2.80. The lowest BCUT2D eigenvalue weighted by Crippen LogP contribution is -2.32. The first-order valence-electron chi connectivity index (χ1n) is 8.06. The van der Waals surface area contributed by atoms with Crippen molar-refractivity contribution in [2.45, 2.75) is 45.6 Å². The molecular formula is C19H25N3. The summed E-state index contributed by atoms with van der Waals surface area (Å²) in [5, 5.41) is 10.9. The predicted octanol–water partition coefficient (Wildman–Crippen LogP) is 3.40. The molecule has 1 unspecified atom stereocenters. The molecule has 0 aliphatic heterocycles. The Morgan fingerprint density at radius 3 is 2.73 bits per heavy atom. The summed E-state index contributed by atoms with van der Waals surface area (Å²) in [6.07, 6.45) is 8.50. The van der Waals surface area contributed by atoms with Crippen LogP contribution in [0.1, 0.15) is 47.6 Å². The van der Waals surface area contributed by atoms with Gasteiger partial charge in [-0.3, -0.25) is 5.41 Å². The molecule has 3 nitrogen and oxygen atoms in total. The lowest BCUT2D eigenvalue weighted by Gasteiger charge is -2.13. The standard InChI is InChI=1S/C19H25N3/c1-4-13-7-15-8-16(22-12(3)20)9-17(15)11(2)18(13)10-19(21)14-5-6-14/h4,7,10,14,16H,1,5-6,8-9,21H2,2-3H3,(H2,20,22)/b19-10-. The van der Waals surface area contributed by atoms with Gasteiger partial charge in [-0.15, -0.1) is 0 Å². The molecule has 0 saturated heterocycles. The molecule has 0 aromatic heterocycles. The molecule has 4 N–H and O–H groups in total. The van der Waals surface area contributed by atoms with Gasteiger partial charge in [0, 0.05) is 11.7 Å². The summed E-state index contributed by atoms with van der Waals surface area (Å²) in [5.41, 5.74) is 13.8. The van der Waals surface area contributed by atoms with Crippen LogP contribution >= 0.6 is 0 Å². The quantitative estimate of drug-likeness (QED) is 0.589. The Morgan fingerprint density at radius 1 is 1.41 bits per heavy atom. The number of rotatable bonds is 4. The maximum atomic E-state index is 7.63. The van der Waals surface area contributed by atoms with E-state index in [0.717, 1.165) is 18.5 Å². The van der Waals surface area contributed by atoms with Crippen molar-refractivity contribution in [2.75, 3.05) is 0 Å². The van der Waals surface area contributed by atoms with Gasteiger partial charge >= 0.3 is 0 Å². The third-order valence-electron chi connectivity index (χ3n) is 4.80. The number of nitrogens with one attached hydrogen (secondary N) is 2. The summed E-state index contributed by atoms with van der Waals surface area (Å²) in [7, 11) is 0. The minimum absolute atomic E-state index is 0.337. The fraction of sp³-hybridized carbons (Fsp3) is 0.421. The molecule has 2 aliphatic rings. The highest BCUT2D eigenvalue weighted by Gasteiger charge is 2.27. The van der Waals surface area contributed by atoms with Crippen molar-refractivity contribution in [1.29, 1.82) is 5.41 Å². The normalized spacial score (nSPS) is 20.6. The first-order valence-corrected chi connectivity index (χ1v) is 8.06. The molecule has 116 valence electrons. The van der Waals surface area contributed by atoms with Crippen LogP contribution in [0.4, 0.5) is 0 Å². The van der Waals surface area contributed by atoms with Gasteiger partial charge in [0.2, 0.25) is 0 Å². The summed E-state index contributed by atoms with van der Waals surface area (Å²) >= 11 is 0. The van der Waals surface area contributed by atoms with Crippen molar-refractivity contribution >= 4 is 18.0 Å². The number of hydrogen-bond donors (Lipinski definition) is 3. The second-order valence-corrected chi connectivity index (χ2v) is 6.64. The van der Waals surface area contributed by atoms with Crippen LogP contribution in [0.15, 0.2) is 18.3 Å². The van der Waals surface area contributed by atoms with E-state index < -0.39 is 0 Å². The minimum Gasteiger partial charge on any atom is -0.402 e. The summed E-state index contributed by atoms with van der Waals surface area (Å²) < 4.78 is 0. The molecule has 1 aromatic carbocycles. The fourth-order valence-corrected chi connectivity index (χ4v) is 3.49. The second kappa shape index (κ2) is 5.64. The van der Waals surface area contributed by atoms with Crippen molar-refractivity contribution in [2.24, 2.45) is 11.7 Å². The molecule has 0 heterocycles. The Kier molecular flexibility index (Phi) is 3.81.